The fraction of sp³-hybridized carbons (Fsp3) is 0.133. The normalized spacial score (nSPS) is 14.3. The highest BCUT2D eigenvalue weighted by atomic mass is 15.1. The number of fused-ring (bicyclic) bond motifs is 2. The Kier molecular flexibility index (Phi) is 5.73. The summed E-state index contributed by atoms with van der Waals surface area (Å²) in [5, 5.41) is 12.2. The molecule has 0 atom stereocenters. The topological polar surface area (TPSA) is 95.2 Å². The maximum atomic E-state index is 4.94. The number of imidazole rings is 1. The first-order chi connectivity index (χ1) is 18.1. The second kappa shape index (κ2) is 9.35. The van der Waals surface area contributed by atoms with Gasteiger partial charge in [-0.25, -0.2) is 4.98 Å². The molecule has 182 valence electrons. The lowest BCUT2D eigenvalue weighted by molar-refractivity contribution is 0.865. The molecule has 1 fully saturated rings. The van der Waals surface area contributed by atoms with Crippen LogP contribution in [0.15, 0.2) is 97.9 Å². The standard InChI is InChI=1S/C30H27N7/c1-4-19(14-23(5-2)33-18(3)20-6-7-20)22-8-9-26-24(15-22)29(37-36-26)30-34-27-17-32-16-25(28(27)35-30)21-10-12-31-13-11-21/h4-5,8-17,20,33H,2-3,6-7H2,1H3,(H,34,35)(H,36,37)/b19-4+,23-14+. The number of allylic oxidation sites excluding steroid dienone is 5. The summed E-state index contributed by atoms with van der Waals surface area (Å²) >= 11 is 0. The Hall–Kier alpha value is -4.78. The van der Waals surface area contributed by atoms with Crippen molar-refractivity contribution in [3.8, 4) is 22.6 Å². The maximum absolute atomic E-state index is 4.94. The lowest BCUT2D eigenvalue weighted by Crippen LogP contribution is -2.11. The number of hydrogen-bond donors (Lipinski definition) is 3. The predicted molar refractivity (Wildman–Crippen MR) is 149 cm³/mol. The van der Waals surface area contributed by atoms with Crippen molar-refractivity contribution in [1.29, 1.82) is 0 Å². The Balaban J connectivity index is 1.39. The predicted octanol–water partition coefficient (Wildman–Crippen LogP) is 6.55. The van der Waals surface area contributed by atoms with Gasteiger partial charge in [0.2, 0.25) is 0 Å². The molecule has 0 unspecified atom stereocenters. The fourth-order valence-electron chi connectivity index (χ4n) is 4.53. The Bertz CT molecular complexity index is 1700. The summed E-state index contributed by atoms with van der Waals surface area (Å²) in [4.78, 5) is 16.9. The second-order valence-electron chi connectivity index (χ2n) is 9.21. The van der Waals surface area contributed by atoms with Crippen molar-refractivity contribution in [3.05, 3.63) is 103 Å². The molecule has 3 N–H and O–H groups in total. The number of aromatic amines is 2. The first-order valence-electron chi connectivity index (χ1n) is 12.3. The molecule has 0 bridgehead atoms. The Morgan fingerprint density at radius 1 is 1.08 bits per heavy atom. The van der Waals surface area contributed by atoms with Crippen LogP contribution in [0.2, 0.25) is 0 Å². The monoisotopic (exact) mass is 485 g/mol. The Morgan fingerprint density at radius 2 is 1.92 bits per heavy atom. The average molecular weight is 486 g/mol. The van der Waals surface area contributed by atoms with Gasteiger partial charge in [0.1, 0.15) is 5.69 Å². The number of pyridine rings is 2. The molecule has 0 saturated heterocycles. The van der Waals surface area contributed by atoms with E-state index in [1.165, 1.54) is 12.8 Å². The van der Waals surface area contributed by atoms with Gasteiger partial charge < -0.3 is 10.3 Å². The van der Waals surface area contributed by atoms with Crippen molar-refractivity contribution in [2.24, 2.45) is 5.92 Å². The summed E-state index contributed by atoms with van der Waals surface area (Å²) in [5.41, 5.74) is 9.50. The molecule has 1 aliphatic carbocycles. The highest BCUT2D eigenvalue weighted by molar-refractivity contribution is 5.98. The van der Waals surface area contributed by atoms with Crippen LogP contribution in [0.5, 0.6) is 0 Å². The molecule has 1 saturated carbocycles. The maximum Gasteiger partial charge on any atom is 0.159 e. The minimum Gasteiger partial charge on any atom is -0.359 e. The fourth-order valence-corrected chi connectivity index (χ4v) is 4.53. The van der Waals surface area contributed by atoms with E-state index in [1.807, 2.05) is 31.3 Å². The lowest BCUT2D eigenvalue weighted by Gasteiger charge is -2.11. The molecule has 0 radical (unpaired) electrons. The van der Waals surface area contributed by atoms with E-state index in [0.717, 1.165) is 61.3 Å². The molecule has 0 aliphatic heterocycles. The van der Waals surface area contributed by atoms with Gasteiger partial charge in [0.05, 0.1) is 22.7 Å². The van der Waals surface area contributed by atoms with Crippen molar-refractivity contribution < 1.29 is 0 Å². The van der Waals surface area contributed by atoms with E-state index in [1.54, 1.807) is 18.6 Å². The number of rotatable bonds is 8. The molecule has 7 nitrogen and oxygen atoms in total. The van der Waals surface area contributed by atoms with Crippen molar-refractivity contribution in [2.75, 3.05) is 0 Å². The zero-order valence-corrected chi connectivity index (χ0v) is 20.6. The molecular weight excluding hydrogens is 458 g/mol. The van der Waals surface area contributed by atoms with Gasteiger partial charge in [0.25, 0.3) is 0 Å². The second-order valence-corrected chi connectivity index (χ2v) is 9.21. The molecule has 1 aromatic carbocycles. The average Bonchev–Trinajstić information content (AvgIpc) is 3.57. The van der Waals surface area contributed by atoms with Gasteiger partial charge in [-0.2, -0.15) is 5.10 Å². The van der Waals surface area contributed by atoms with E-state index >= 15 is 0 Å². The number of H-pyrrole nitrogens is 2. The Labute approximate surface area is 214 Å². The number of benzene rings is 1. The van der Waals surface area contributed by atoms with Crippen LogP contribution >= 0.6 is 0 Å². The van der Waals surface area contributed by atoms with E-state index in [4.69, 9.17) is 4.98 Å². The first-order valence-corrected chi connectivity index (χ1v) is 12.3. The smallest absolute Gasteiger partial charge is 0.159 e. The number of aromatic nitrogens is 6. The van der Waals surface area contributed by atoms with Gasteiger partial charge in [-0.3, -0.25) is 15.1 Å². The van der Waals surface area contributed by atoms with Crippen LogP contribution in [0.3, 0.4) is 0 Å². The molecule has 0 amide bonds. The van der Waals surface area contributed by atoms with E-state index in [9.17, 15) is 0 Å². The van der Waals surface area contributed by atoms with E-state index in [-0.39, 0.29) is 0 Å². The third kappa shape index (κ3) is 4.36. The van der Waals surface area contributed by atoms with E-state index in [2.05, 4.69) is 74.0 Å². The Morgan fingerprint density at radius 3 is 2.68 bits per heavy atom. The molecule has 6 rings (SSSR count). The van der Waals surface area contributed by atoms with Crippen LogP contribution < -0.4 is 5.32 Å². The zero-order valence-electron chi connectivity index (χ0n) is 20.6. The van der Waals surface area contributed by atoms with Crippen LogP contribution in [-0.4, -0.2) is 30.1 Å². The SMILES string of the molecule is C=C/C(=C\C(=C/C)c1ccc2[nH]nc(-c3nc4c(-c5ccncc5)cncc4[nH]3)c2c1)NC(=C)C1CC1. The molecule has 0 spiro atoms. The summed E-state index contributed by atoms with van der Waals surface area (Å²) in [6.07, 6.45) is 15.6. The molecule has 1 aliphatic rings. The van der Waals surface area contributed by atoms with Gasteiger partial charge in [-0.1, -0.05) is 25.3 Å². The molecule has 5 aromatic rings. The quantitative estimate of drug-likeness (QED) is 0.217. The number of nitrogens with one attached hydrogen (secondary N) is 3. The van der Waals surface area contributed by atoms with Crippen LogP contribution in [0.25, 0.3) is 50.2 Å². The number of nitrogens with zero attached hydrogens (tertiary/aromatic N) is 4. The van der Waals surface area contributed by atoms with Crippen LogP contribution in [0.4, 0.5) is 0 Å². The molecule has 7 heteroatoms. The lowest BCUT2D eigenvalue weighted by atomic mass is 10.0. The van der Waals surface area contributed by atoms with Gasteiger partial charge in [-0.05, 0) is 78.8 Å². The van der Waals surface area contributed by atoms with Gasteiger partial charge in [0, 0.05) is 40.9 Å². The summed E-state index contributed by atoms with van der Waals surface area (Å²) < 4.78 is 0. The molecule has 4 heterocycles. The van der Waals surface area contributed by atoms with Crippen molar-refractivity contribution in [3.63, 3.8) is 0 Å². The molecule has 37 heavy (non-hydrogen) atoms. The minimum atomic E-state index is 0.570. The zero-order chi connectivity index (χ0) is 25.4. The summed E-state index contributed by atoms with van der Waals surface area (Å²) in [5.74, 6) is 1.26. The largest absolute Gasteiger partial charge is 0.359 e. The third-order valence-electron chi connectivity index (χ3n) is 6.72. The number of hydrogen-bond acceptors (Lipinski definition) is 5. The van der Waals surface area contributed by atoms with Gasteiger partial charge >= 0.3 is 0 Å². The summed E-state index contributed by atoms with van der Waals surface area (Å²) in [6.45, 7) is 10.2. The highest BCUT2D eigenvalue weighted by Crippen LogP contribution is 2.35. The highest BCUT2D eigenvalue weighted by Gasteiger charge is 2.24. The van der Waals surface area contributed by atoms with Crippen LogP contribution in [-0.2, 0) is 0 Å². The van der Waals surface area contributed by atoms with Crippen LogP contribution in [0, 0.1) is 5.92 Å². The molecule has 4 aromatic heterocycles. The van der Waals surface area contributed by atoms with E-state index < -0.39 is 0 Å². The minimum absolute atomic E-state index is 0.570. The molecular formula is C30H27N7. The van der Waals surface area contributed by atoms with Crippen molar-refractivity contribution >= 4 is 27.5 Å². The van der Waals surface area contributed by atoms with Crippen LogP contribution in [0.1, 0.15) is 25.3 Å². The third-order valence-corrected chi connectivity index (χ3v) is 6.72. The first kappa shape index (κ1) is 22.7. The van der Waals surface area contributed by atoms with Gasteiger partial charge in [-0.15, -0.1) is 0 Å². The van der Waals surface area contributed by atoms with Crippen molar-refractivity contribution in [1.82, 2.24) is 35.5 Å². The van der Waals surface area contributed by atoms with Gasteiger partial charge in [0.15, 0.2) is 5.82 Å². The summed E-state index contributed by atoms with van der Waals surface area (Å²) in [6, 6.07) is 10.2. The van der Waals surface area contributed by atoms with Crippen molar-refractivity contribution in [2.45, 2.75) is 19.8 Å². The van der Waals surface area contributed by atoms with E-state index in [0.29, 0.717) is 11.7 Å². The summed E-state index contributed by atoms with van der Waals surface area (Å²) in [7, 11) is 0.